The highest BCUT2D eigenvalue weighted by Gasteiger charge is 2.08. The van der Waals surface area contributed by atoms with Gasteiger partial charge in [-0.3, -0.25) is 9.48 Å². The van der Waals surface area contributed by atoms with E-state index in [0.29, 0.717) is 11.4 Å². The fraction of sp³-hybridized carbons (Fsp3) is 0.167. The summed E-state index contributed by atoms with van der Waals surface area (Å²) in [6, 6.07) is 9.26. The van der Waals surface area contributed by atoms with Crippen LogP contribution >= 0.6 is 22.6 Å². The summed E-state index contributed by atoms with van der Waals surface area (Å²) in [5, 5.41) is 7.00. The quantitative estimate of drug-likeness (QED) is 0.854. The smallest absolute Gasteiger partial charge is 0.256 e. The third-order valence-corrected chi connectivity index (χ3v) is 3.07. The summed E-state index contributed by atoms with van der Waals surface area (Å²) in [5.74, 6) is 0.579. The number of halogens is 1. The van der Waals surface area contributed by atoms with Crippen molar-refractivity contribution in [2.75, 3.05) is 5.32 Å². The fourth-order valence-corrected chi connectivity index (χ4v) is 1.88. The van der Waals surface area contributed by atoms with Crippen molar-refractivity contribution in [1.29, 1.82) is 0 Å². The molecular weight excluding hydrogens is 329 g/mol. The van der Waals surface area contributed by atoms with Crippen molar-refractivity contribution in [3.8, 4) is 0 Å². The molecule has 0 aliphatic heterocycles. The summed E-state index contributed by atoms with van der Waals surface area (Å²) < 4.78 is 2.76. The van der Waals surface area contributed by atoms with Gasteiger partial charge in [-0.1, -0.05) is 0 Å². The Balaban J connectivity index is 2.17. The minimum Gasteiger partial charge on any atom is -0.307 e. The second-order valence-electron chi connectivity index (χ2n) is 3.76. The Labute approximate surface area is 113 Å². The van der Waals surface area contributed by atoms with Crippen LogP contribution in [0.2, 0.25) is 0 Å². The molecule has 88 valence electrons. The minimum absolute atomic E-state index is 0.121. The molecule has 0 fully saturated rings. The van der Waals surface area contributed by atoms with Gasteiger partial charge in [0.1, 0.15) is 5.82 Å². The van der Waals surface area contributed by atoms with Crippen molar-refractivity contribution in [3.05, 3.63) is 45.2 Å². The first-order valence-corrected chi connectivity index (χ1v) is 6.22. The second kappa shape index (κ2) is 4.87. The number of nitrogens with zero attached hydrogens (tertiary/aromatic N) is 2. The Hall–Kier alpha value is -1.37. The maximum absolute atomic E-state index is 11.9. The van der Waals surface area contributed by atoms with Crippen LogP contribution in [-0.2, 0) is 7.05 Å². The normalized spacial score (nSPS) is 10.3. The lowest BCUT2D eigenvalue weighted by atomic mass is 10.2. The number of aromatic nitrogens is 2. The SMILES string of the molecule is Cc1cc(NC(=O)c2ccc(I)cc2)n(C)n1. The lowest BCUT2D eigenvalue weighted by Gasteiger charge is -2.04. The van der Waals surface area contributed by atoms with Crippen LogP contribution in [0.1, 0.15) is 16.1 Å². The van der Waals surface area contributed by atoms with E-state index in [1.54, 1.807) is 23.9 Å². The number of aryl methyl sites for hydroxylation is 2. The Morgan fingerprint density at radius 2 is 2.00 bits per heavy atom. The molecule has 2 aromatic rings. The molecule has 0 saturated heterocycles. The Morgan fingerprint density at radius 3 is 2.53 bits per heavy atom. The lowest BCUT2D eigenvalue weighted by Crippen LogP contribution is -2.14. The molecule has 0 spiro atoms. The minimum atomic E-state index is -0.121. The van der Waals surface area contributed by atoms with Crippen molar-refractivity contribution in [2.45, 2.75) is 6.92 Å². The largest absolute Gasteiger partial charge is 0.307 e. The number of benzene rings is 1. The average Bonchev–Trinajstić information content (AvgIpc) is 2.58. The Morgan fingerprint density at radius 1 is 1.35 bits per heavy atom. The molecule has 5 heteroatoms. The molecular formula is C12H12IN3O. The highest BCUT2D eigenvalue weighted by Crippen LogP contribution is 2.11. The molecule has 0 bridgehead atoms. The van der Waals surface area contributed by atoms with E-state index in [1.807, 2.05) is 25.1 Å². The number of carbonyl (C=O) groups excluding carboxylic acids is 1. The van der Waals surface area contributed by atoms with Crippen molar-refractivity contribution in [2.24, 2.45) is 7.05 Å². The number of hydrogen-bond donors (Lipinski definition) is 1. The van der Waals surface area contributed by atoms with E-state index in [2.05, 4.69) is 33.0 Å². The van der Waals surface area contributed by atoms with Gasteiger partial charge in [-0.2, -0.15) is 5.10 Å². The van der Waals surface area contributed by atoms with E-state index in [0.717, 1.165) is 9.26 Å². The fourth-order valence-electron chi connectivity index (χ4n) is 1.52. The van der Waals surface area contributed by atoms with Crippen LogP contribution in [-0.4, -0.2) is 15.7 Å². The predicted octanol–water partition coefficient (Wildman–Crippen LogP) is 2.59. The van der Waals surface area contributed by atoms with Crippen LogP contribution in [0.5, 0.6) is 0 Å². The van der Waals surface area contributed by atoms with E-state index in [4.69, 9.17) is 0 Å². The molecule has 1 heterocycles. The van der Waals surface area contributed by atoms with Crippen LogP contribution in [0, 0.1) is 10.5 Å². The van der Waals surface area contributed by atoms with Crippen LogP contribution in [0.15, 0.2) is 30.3 Å². The van der Waals surface area contributed by atoms with Gasteiger partial charge in [0.05, 0.1) is 5.69 Å². The van der Waals surface area contributed by atoms with Gasteiger partial charge >= 0.3 is 0 Å². The van der Waals surface area contributed by atoms with Crippen molar-refractivity contribution in [3.63, 3.8) is 0 Å². The zero-order valence-corrected chi connectivity index (χ0v) is 11.7. The third kappa shape index (κ3) is 2.85. The first-order valence-electron chi connectivity index (χ1n) is 5.14. The monoisotopic (exact) mass is 341 g/mol. The molecule has 1 aromatic carbocycles. The van der Waals surface area contributed by atoms with Crippen molar-refractivity contribution >= 4 is 34.3 Å². The van der Waals surface area contributed by atoms with Crippen molar-refractivity contribution in [1.82, 2.24) is 9.78 Å². The number of carbonyl (C=O) groups is 1. The predicted molar refractivity (Wildman–Crippen MR) is 75.1 cm³/mol. The van der Waals surface area contributed by atoms with Gasteiger partial charge in [0, 0.05) is 22.2 Å². The maximum atomic E-state index is 11.9. The molecule has 1 N–H and O–H groups in total. The molecule has 17 heavy (non-hydrogen) atoms. The van der Waals surface area contributed by atoms with Gasteiger partial charge in [-0.15, -0.1) is 0 Å². The lowest BCUT2D eigenvalue weighted by molar-refractivity contribution is 0.102. The van der Waals surface area contributed by atoms with Gasteiger partial charge in [-0.05, 0) is 53.8 Å². The number of rotatable bonds is 2. The summed E-state index contributed by atoms with van der Waals surface area (Å²) in [7, 11) is 1.80. The zero-order chi connectivity index (χ0) is 12.4. The van der Waals surface area contributed by atoms with E-state index >= 15 is 0 Å². The molecule has 0 aliphatic carbocycles. The second-order valence-corrected chi connectivity index (χ2v) is 5.00. The number of hydrogen-bond acceptors (Lipinski definition) is 2. The first-order chi connectivity index (χ1) is 8.06. The summed E-state index contributed by atoms with van der Waals surface area (Å²) in [4.78, 5) is 11.9. The standard InChI is InChI=1S/C12H12IN3O/c1-8-7-11(16(2)15-8)14-12(17)9-3-5-10(13)6-4-9/h3-7H,1-2H3,(H,14,17). The average molecular weight is 341 g/mol. The maximum Gasteiger partial charge on any atom is 0.256 e. The summed E-state index contributed by atoms with van der Waals surface area (Å²) in [5.41, 5.74) is 1.52. The zero-order valence-electron chi connectivity index (χ0n) is 9.57. The van der Waals surface area contributed by atoms with E-state index in [1.165, 1.54) is 0 Å². The molecule has 0 aliphatic rings. The van der Waals surface area contributed by atoms with Gasteiger partial charge < -0.3 is 5.32 Å². The Kier molecular flexibility index (Phi) is 3.46. The first kappa shape index (κ1) is 12.1. The molecule has 0 saturated carbocycles. The van der Waals surface area contributed by atoms with Crippen LogP contribution in [0.3, 0.4) is 0 Å². The van der Waals surface area contributed by atoms with Gasteiger partial charge in [0.2, 0.25) is 0 Å². The molecule has 0 radical (unpaired) electrons. The van der Waals surface area contributed by atoms with E-state index in [-0.39, 0.29) is 5.91 Å². The van der Waals surface area contributed by atoms with Gasteiger partial charge in [0.15, 0.2) is 0 Å². The highest BCUT2D eigenvalue weighted by atomic mass is 127. The molecule has 0 atom stereocenters. The third-order valence-electron chi connectivity index (χ3n) is 2.35. The van der Waals surface area contributed by atoms with Gasteiger partial charge in [0.25, 0.3) is 5.91 Å². The topological polar surface area (TPSA) is 46.9 Å². The number of anilines is 1. The van der Waals surface area contributed by atoms with Crippen LogP contribution < -0.4 is 5.32 Å². The summed E-state index contributed by atoms with van der Waals surface area (Å²) >= 11 is 2.21. The highest BCUT2D eigenvalue weighted by molar-refractivity contribution is 14.1. The van der Waals surface area contributed by atoms with E-state index < -0.39 is 0 Å². The summed E-state index contributed by atoms with van der Waals surface area (Å²) in [6.07, 6.45) is 0. The van der Waals surface area contributed by atoms with E-state index in [9.17, 15) is 4.79 Å². The Bertz CT molecular complexity index is 545. The van der Waals surface area contributed by atoms with Crippen molar-refractivity contribution < 1.29 is 4.79 Å². The molecule has 4 nitrogen and oxygen atoms in total. The molecule has 1 aromatic heterocycles. The van der Waals surface area contributed by atoms with Crippen LogP contribution in [0.4, 0.5) is 5.82 Å². The van der Waals surface area contributed by atoms with Gasteiger partial charge in [-0.25, -0.2) is 0 Å². The molecule has 0 unspecified atom stereocenters. The molecule has 2 rings (SSSR count). The number of amides is 1. The summed E-state index contributed by atoms with van der Waals surface area (Å²) in [6.45, 7) is 1.89. The molecule has 1 amide bonds. The van der Waals surface area contributed by atoms with Crippen LogP contribution in [0.25, 0.3) is 0 Å². The number of nitrogens with one attached hydrogen (secondary N) is 1.